The number of piperazine rings is 1. The molecule has 0 saturated carbocycles. The van der Waals surface area contributed by atoms with Gasteiger partial charge in [0.05, 0.1) is 0 Å². The maximum Gasteiger partial charge on any atom is 0.224 e. The number of hydrogen-bond donors (Lipinski definition) is 1. The van der Waals surface area contributed by atoms with Gasteiger partial charge in [-0.15, -0.1) is 24.8 Å². The summed E-state index contributed by atoms with van der Waals surface area (Å²) >= 11 is 0. The van der Waals surface area contributed by atoms with E-state index in [0.717, 1.165) is 39.1 Å². The van der Waals surface area contributed by atoms with Crippen LogP contribution in [0.1, 0.15) is 18.9 Å². The van der Waals surface area contributed by atoms with Gasteiger partial charge in [0.1, 0.15) is 0 Å². The fourth-order valence-corrected chi connectivity index (χ4v) is 2.56. The molecule has 2 N–H and O–H groups in total. The molecule has 1 atom stereocenters. The van der Waals surface area contributed by atoms with Gasteiger partial charge in [-0.2, -0.15) is 0 Å². The largest absolute Gasteiger partial charge is 0.340 e. The molecular weight excluding hydrogens is 321 g/mol. The van der Waals surface area contributed by atoms with E-state index in [0.29, 0.717) is 6.42 Å². The van der Waals surface area contributed by atoms with Crippen LogP contribution in [0.25, 0.3) is 0 Å². The molecule has 0 bridgehead atoms. The lowest BCUT2D eigenvalue weighted by atomic mass is 10.1. The maximum atomic E-state index is 11.9. The summed E-state index contributed by atoms with van der Waals surface area (Å²) in [6, 6.07) is 10.5. The molecule has 0 aliphatic carbocycles. The Morgan fingerprint density at radius 1 is 1.14 bits per heavy atom. The van der Waals surface area contributed by atoms with Crippen molar-refractivity contribution in [3.63, 3.8) is 0 Å². The minimum atomic E-state index is -0.0430. The van der Waals surface area contributed by atoms with Gasteiger partial charge >= 0.3 is 0 Å². The molecule has 22 heavy (non-hydrogen) atoms. The lowest BCUT2D eigenvalue weighted by molar-refractivity contribution is -0.133. The van der Waals surface area contributed by atoms with Crippen molar-refractivity contribution >= 4 is 30.7 Å². The zero-order valence-electron chi connectivity index (χ0n) is 13.1. The standard InChI is InChI=1S/C16H25N3O.2ClH/c1-14(17)13-16(20)19-11-9-18(10-12-19)8-7-15-5-3-2-4-6-15;;/h2-6,14H,7-13,17H2,1H3;2*1H. The highest BCUT2D eigenvalue weighted by Crippen LogP contribution is 2.07. The monoisotopic (exact) mass is 347 g/mol. The van der Waals surface area contributed by atoms with Gasteiger partial charge in [0.25, 0.3) is 0 Å². The van der Waals surface area contributed by atoms with Crippen molar-refractivity contribution in [2.75, 3.05) is 32.7 Å². The first kappa shape index (κ1) is 21.2. The Kier molecular flexibility index (Phi) is 10.4. The first-order valence-corrected chi connectivity index (χ1v) is 7.45. The highest BCUT2D eigenvalue weighted by Gasteiger charge is 2.21. The third-order valence-electron chi connectivity index (χ3n) is 3.78. The highest BCUT2D eigenvalue weighted by molar-refractivity contribution is 5.85. The van der Waals surface area contributed by atoms with Crippen LogP contribution < -0.4 is 5.73 Å². The molecule has 4 nitrogen and oxygen atoms in total. The molecule has 1 aromatic carbocycles. The molecule has 1 heterocycles. The van der Waals surface area contributed by atoms with Crippen LogP contribution in [0.4, 0.5) is 0 Å². The summed E-state index contributed by atoms with van der Waals surface area (Å²) in [5.74, 6) is 0.197. The third kappa shape index (κ3) is 6.97. The van der Waals surface area contributed by atoms with Crippen LogP contribution in [0.2, 0.25) is 0 Å². The molecule has 1 aromatic rings. The zero-order chi connectivity index (χ0) is 14.4. The molecule has 126 valence electrons. The smallest absolute Gasteiger partial charge is 0.224 e. The molecule has 0 aromatic heterocycles. The zero-order valence-corrected chi connectivity index (χ0v) is 14.7. The number of amides is 1. The number of rotatable bonds is 5. The summed E-state index contributed by atoms with van der Waals surface area (Å²) < 4.78 is 0. The van der Waals surface area contributed by atoms with Gasteiger partial charge in [-0.05, 0) is 18.9 Å². The molecule has 1 aliphatic heterocycles. The third-order valence-corrected chi connectivity index (χ3v) is 3.78. The highest BCUT2D eigenvalue weighted by atomic mass is 35.5. The topological polar surface area (TPSA) is 49.6 Å². The quantitative estimate of drug-likeness (QED) is 0.885. The summed E-state index contributed by atoms with van der Waals surface area (Å²) in [7, 11) is 0. The van der Waals surface area contributed by atoms with Gasteiger partial charge in [0.15, 0.2) is 0 Å². The van der Waals surface area contributed by atoms with Crippen molar-refractivity contribution in [2.45, 2.75) is 25.8 Å². The van der Waals surface area contributed by atoms with Crippen LogP contribution in [0.3, 0.4) is 0 Å². The van der Waals surface area contributed by atoms with Gasteiger partial charge in [-0.3, -0.25) is 9.69 Å². The average Bonchev–Trinajstić information content (AvgIpc) is 2.46. The van der Waals surface area contributed by atoms with E-state index in [-0.39, 0.29) is 36.8 Å². The fourth-order valence-electron chi connectivity index (χ4n) is 2.56. The number of halogens is 2. The van der Waals surface area contributed by atoms with Crippen molar-refractivity contribution in [2.24, 2.45) is 5.73 Å². The second kappa shape index (κ2) is 10.8. The number of hydrogen-bond acceptors (Lipinski definition) is 3. The fraction of sp³-hybridized carbons (Fsp3) is 0.562. The van der Waals surface area contributed by atoms with Gasteiger partial charge in [0, 0.05) is 45.2 Å². The number of benzene rings is 1. The van der Waals surface area contributed by atoms with Crippen LogP contribution >= 0.6 is 24.8 Å². The average molecular weight is 348 g/mol. The molecule has 0 radical (unpaired) electrons. The van der Waals surface area contributed by atoms with E-state index < -0.39 is 0 Å². The molecule has 6 heteroatoms. The lowest BCUT2D eigenvalue weighted by Gasteiger charge is -2.35. The normalized spacial score (nSPS) is 16.4. The molecule has 1 saturated heterocycles. The number of carbonyl (C=O) groups is 1. The van der Waals surface area contributed by atoms with E-state index in [4.69, 9.17) is 5.73 Å². The summed E-state index contributed by atoms with van der Waals surface area (Å²) in [5.41, 5.74) is 7.06. The lowest BCUT2D eigenvalue weighted by Crippen LogP contribution is -2.49. The molecule has 1 unspecified atom stereocenters. The Hall–Kier alpha value is -0.810. The Bertz CT molecular complexity index is 421. The van der Waals surface area contributed by atoms with Crippen LogP contribution in [0.15, 0.2) is 30.3 Å². The van der Waals surface area contributed by atoms with E-state index in [1.807, 2.05) is 17.9 Å². The molecule has 1 fully saturated rings. The van der Waals surface area contributed by atoms with E-state index in [2.05, 4.69) is 29.2 Å². The van der Waals surface area contributed by atoms with E-state index in [9.17, 15) is 4.79 Å². The predicted molar refractivity (Wildman–Crippen MR) is 95.9 cm³/mol. The predicted octanol–water partition coefficient (Wildman–Crippen LogP) is 1.95. The second-order valence-corrected chi connectivity index (χ2v) is 5.64. The minimum absolute atomic E-state index is 0. The molecule has 1 amide bonds. The minimum Gasteiger partial charge on any atom is -0.340 e. The number of nitrogens with two attached hydrogens (primary N) is 1. The first-order valence-electron chi connectivity index (χ1n) is 7.45. The number of nitrogens with zero attached hydrogens (tertiary/aromatic N) is 2. The van der Waals surface area contributed by atoms with Gasteiger partial charge < -0.3 is 10.6 Å². The summed E-state index contributed by atoms with van der Waals surface area (Å²) in [6.07, 6.45) is 1.54. The van der Waals surface area contributed by atoms with Crippen molar-refractivity contribution in [3.8, 4) is 0 Å². The van der Waals surface area contributed by atoms with E-state index in [1.54, 1.807) is 0 Å². The van der Waals surface area contributed by atoms with Crippen molar-refractivity contribution in [3.05, 3.63) is 35.9 Å². The summed E-state index contributed by atoms with van der Waals surface area (Å²) in [4.78, 5) is 16.3. The molecular formula is C16H27Cl2N3O. The Morgan fingerprint density at radius 3 is 2.27 bits per heavy atom. The maximum absolute atomic E-state index is 11.9. The Balaban J connectivity index is 0.00000220. The van der Waals surface area contributed by atoms with E-state index in [1.165, 1.54) is 5.56 Å². The first-order chi connectivity index (χ1) is 9.65. The van der Waals surface area contributed by atoms with Crippen LogP contribution in [0.5, 0.6) is 0 Å². The number of carbonyl (C=O) groups excluding carboxylic acids is 1. The molecule has 2 rings (SSSR count). The van der Waals surface area contributed by atoms with Crippen LogP contribution in [-0.2, 0) is 11.2 Å². The van der Waals surface area contributed by atoms with E-state index >= 15 is 0 Å². The summed E-state index contributed by atoms with van der Waals surface area (Å²) in [6.45, 7) is 6.56. The van der Waals surface area contributed by atoms with Gasteiger partial charge in [-0.25, -0.2) is 0 Å². The second-order valence-electron chi connectivity index (χ2n) is 5.64. The van der Waals surface area contributed by atoms with Crippen molar-refractivity contribution < 1.29 is 4.79 Å². The van der Waals surface area contributed by atoms with Crippen LogP contribution in [-0.4, -0.2) is 54.5 Å². The molecule has 0 spiro atoms. The van der Waals surface area contributed by atoms with Crippen LogP contribution in [0, 0.1) is 0 Å². The SMILES string of the molecule is CC(N)CC(=O)N1CCN(CCc2ccccc2)CC1.Cl.Cl. The Morgan fingerprint density at radius 2 is 1.73 bits per heavy atom. The van der Waals surface area contributed by atoms with Gasteiger partial charge in [-0.1, -0.05) is 30.3 Å². The van der Waals surface area contributed by atoms with Gasteiger partial charge in [0.2, 0.25) is 5.91 Å². The summed E-state index contributed by atoms with van der Waals surface area (Å²) in [5, 5.41) is 0. The molecule has 1 aliphatic rings. The Labute approximate surface area is 145 Å². The van der Waals surface area contributed by atoms with Crippen molar-refractivity contribution in [1.29, 1.82) is 0 Å². The van der Waals surface area contributed by atoms with Crippen molar-refractivity contribution in [1.82, 2.24) is 9.80 Å².